The maximum absolute atomic E-state index is 11.1. The lowest BCUT2D eigenvalue weighted by atomic mass is 9.94. The summed E-state index contributed by atoms with van der Waals surface area (Å²) in [6.07, 6.45) is 5.97. The molecule has 334 valence electrons. The summed E-state index contributed by atoms with van der Waals surface area (Å²) in [5.74, 6) is 16.1. The molecule has 0 saturated carbocycles. The number of hydrogen-bond donors (Lipinski definition) is 0. The molecule has 0 N–H and O–H groups in total. The highest BCUT2D eigenvalue weighted by Gasteiger charge is 2.08. The number of rotatable bonds is 21. The van der Waals surface area contributed by atoms with Gasteiger partial charge in [-0.1, -0.05) is 73.2 Å². The Morgan fingerprint density at radius 3 is 1.21 bits per heavy atom. The van der Waals surface area contributed by atoms with Crippen molar-refractivity contribution in [3.8, 4) is 46.3 Å². The number of hydrogen-bond acceptors (Lipinski definition) is 8. The second-order valence-corrected chi connectivity index (χ2v) is 17.7. The van der Waals surface area contributed by atoms with Gasteiger partial charge in [-0.3, -0.25) is 0 Å². The van der Waals surface area contributed by atoms with Crippen LogP contribution in [-0.4, -0.2) is 36.7 Å². The molecule has 0 atom stereocenters. The molecule has 66 heavy (non-hydrogen) atoms. The third-order valence-corrected chi connectivity index (χ3v) is 12.4. The van der Waals surface area contributed by atoms with Gasteiger partial charge in [0.15, 0.2) is 0 Å². The molecule has 0 aliphatic carbocycles. The third kappa shape index (κ3) is 16.3. The Balaban J connectivity index is 0.923. The van der Waals surface area contributed by atoms with Gasteiger partial charge in [0.25, 0.3) is 0 Å². The summed E-state index contributed by atoms with van der Waals surface area (Å²) in [7, 11) is 0. The Labute approximate surface area is 398 Å². The first-order chi connectivity index (χ1) is 32.2. The first-order valence-electron chi connectivity index (χ1n) is 22.0. The lowest BCUT2D eigenvalue weighted by Crippen LogP contribution is -2.01. The van der Waals surface area contributed by atoms with Crippen molar-refractivity contribution < 1.29 is 28.5 Å². The molecule has 0 aromatic heterocycles. The van der Waals surface area contributed by atoms with E-state index in [9.17, 15) is 9.59 Å². The van der Waals surface area contributed by atoms with Gasteiger partial charge in [0.05, 0.1) is 13.2 Å². The minimum Gasteiger partial charge on any atom is -0.489 e. The van der Waals surface area contributed by atoms with Crippen LogP contribution in [-0.2, 0) is 32.3 Å². The van der Waals surface area contributed by atoms with E-state index in [1.165, 1.54) is 44.2 Å². The fourth-order valence-corrected chi connectivity index (χ4v) is 8.42. The summed E-state index contributed by atoms with van der Waals surface area (Å²) in [6.45, 7) is 12.9. The summed E-state index contributed by atoms with van der Waals surface area (Å²) < 4.78 is 22.1. The van der Waals surface area contributed by atoms with E-state index < -0.39 is 0 Å². The quantitative estimate of drug-likeness (QED) is 0.0233. The minimum atomic E-state index is -0.371. The monoisotopic (exact) mass is 910 g/mol. The highest BCUT2D eigenvalue weighted by Crippen LogP contribution is 2.29. The van der Waals surface area contributed by atoms with E-state index in [2.05, 4.69) is 136 Å². The van der Waals surface area contributed by atoms with E-state index in [1.807, 2.05) is 48.5 Å². The summed E-state index contributed by atoms with van der Waals surface area (Å²) >= 11 is 3.55. The SMILES string of the molecule is C=CC(=O)OCCCCSc1ccc(OCc2ccc(C#Cc3ccc(-c4ccc(C#Cc5ccc(COc6ccc(SCCCCOC(=O)C=C)cc6)cc5)cc4C)c(C)c3)cc2)cc1. The number of ether oxygens (including phenoxy) is 4. The highest BCUT2D eigenvalue weighted by atomic mass is 32.2. The Morgan fingerprint density at radius 2 is 0.848 bits per heavy atom. The lowest BCUT2D eigenvalue weighted by Gasteiger charge is -2.10. The molecule has 0 unspecified atom stereocenters. The Morgan fingerprint density at radius 1 is 0.485 bits per heavy atom. The van der Waals surface area contributed by atoms with Crippen LogP contribution < -0.4 is 9.47 Å². The Kier molecular flexibility index (Phi) is 19.3. The van der Waals surface area contributed by atoms with Crippen LogP contribution >= 0.6 is 23.5 Å². The Bertz CT molecular complexity index is 2490. The average Bonchev–Trinajstić information content (AvgIpc) is 3.35. The van der Waals surface area contributed by atoms with E-state index >= 15 is 0 Å². The van der Waals surface area contributed by atoms with Crippen LogP contribution in [0.5, 0.6) is 11.5 Å². The van der Waals surface area contributed by atoms with E-state index in [0.717, 1.165) is 82.1 Å². The van der Waals surface area contributed by atoms with E-state index in [1.54, 1.807) is 23.5 Å². The van der Waals surface area contributed by atoms with Crippen LogP contribution in [0.4, 0.5) is 0 Å². The molecule has 0 bridgehead atoms. The molecule has 0 radical (unpaired) electrons. The normalized spacial score (nSPS) is 10.4. The van der Waals surface area contributed by atoms with E-state index in [0.29, 0.717) is 26.4 Å². The van der Waals surface area contributed by atoms with Gasteiger partial charge in [-0.05, 0) is 181 Å². The Hall–Kier alpha value is -6.84. The van der Waals surface area contributed by atoms with Gasteiger partial charge in [0, 0.05) is 44.2 Å². The molecule has 6 nitrogen and oxygen atoms in total. The number of thioether (sulfide) groups is 2. The average molecular weight is 911 g/mol. The van der Waals surface area contributed by atoms with Gasteiger partial charge < -0.3 is 18.9 Å². The number of carbonyl (C=O) groups excluding carboxylic acids is 2. The number of esters is 2. The van der Waals surface area contributed by atoms with Crippen molar-refractivity contribution in [2.24, 2.45) is 0 Å². The molecule has 0 aliphatic heterocycles. The zero-order chi connectivity index (χ0) is 46.4. The van der Waals surface area contributed by atoms with Gasteiger partial charge in [0.1, 0.15) is 24.7 Å². The third-order valence-electron chi connectivity index (χ3n) is 10.2. The summed E-state index contributed by atoms with van der Waals surface area (Å²) in [5.41, 5.74) is 10.7. The predicted molar refractivity (Wildman–Crippen MR) is 270 cm³/mol. The molecule has 0 heterocycles. The van der Waals surface area contributed by atoms with Crippen LogP contribution in [0.3, 0.4) is 0 Å². The van der Waals surface area contributed by atoms with Crippen molar-refractivity contribution in [2.75, 3.05) is 24.7 Å². The fraction of sp³-hybridized carbons (Fsp3) is 0.207. The molecule has 0 aliphatic rings. The first-order valence-corrected chi connectivity index (χ1v) is 23.9. The van der Waals surface area contributed by atoms with Crippen LogP contribution in [0, 0.1) is 37.5 Å². The zero-order valence-corrected chi connectivity index (χ0v) is 39.2. The van der Waals surface area contributed by atoms with Crippen molar-refractivity contribution in [3.63, 3.8) is 0 Å². The number of carbonyl (C=O) groups is 2. The molecule has 0 amide bonds. The van der Waals surface area contributed by atoms with Crippen LogP contribution in [0.1, 0.15) is 70.2 Å². The van der Waals surface area contributed by atoms with Crippen LogP contribution in [0.15, 0.2) is 169 Å². The molecule has 8 heteroatoms. The molecule has 0 fully saturated rings. The van der Waals surface area contributed by atoms with E-state index in [4.69, 9.17) is 18.9 Å². The van der Waals surface area contributed by atoms with Crippen molar-refractivity contribution >= 4 is 35.5 Å². The maximum atomic E-state index is 11.1. The topological polar surface area (TPSA) is 71.1 Å². The van der Waals surface area contributed by atoms with Crippen LogP contribution in [0.25, 0.3) is 11.1 Å². The summed E-state index contributed by atoms with van der Waals surface area (Å²) in [6, 6.07) is 45.4. The molecule has 6 rings (SSSR count). The minimum absolute atomic E-state index is 0.371. The molecular formula is C58H54O6S2. The van der Waals surface area contributed by atoms with Crippen molar-refractivity contribution in [1.29, 1.82) is 0 Å². The van der Waals surface area contributed by atoms with Crippen molar-refractivity contribution in [2.45, 2.75) is 62.5 Å². The zero-order valence-electron chi connectivity index (χ0n) is 37.6. The predicted octanol–water partition coefficient (Wildman–Crippen LogP) is 13.1. The van der Waals surface area contributed by atoms with Crippen molar-refractivity contribution in [1.82, 2.24) is 0 Å². The second-order valence-electron chi connectivity index (χ2n) is 15.3. The fourth-order valence-electron chi connectivity index (χ4n) is 6.59. The largest absolute Gasteiger partial charge is 0.489 e. The van der Waals surface area contributed by atoms with E-state index in [-0.39, 0.29) is 11.9 Å². The van der Waals surface area contributed by atoms with Gasteiger partial charge in [0.2, 0.25) is 0 Å². The van der Waals surface area contributed by atoms with Gasteiger partial charge >= 0.3 is 11.9 Å². The number of unbranched alkanes of at least 4 members (excludes halogenated alkanes) is 2. The van der Waals surface area contributed by atoms with Crippen molar-refractivity contribution in [3.05, 3.63) is 203 Å². The molecule has 0 saturated heterocycles. The summed E-state index contributed by atoms with van der Waals surface area (Å²) in [4.78, 5) is 24.6. The lowest BCUT2D eigenvalue weighted by molar-refractivity contribution is -0.138. The number of aryl methyl sites for hydroxylation is 2. The van der Waals surface area contributed by atoms with Gasteiger partial charge in [-0.15, -0.1) is 23.5 Å². The smallest absolute Gasteiger partial charge is 0.330 e. The standard InChI is InChI=1S/C58H54O6S2/c1-5-57(59)61-35-7-9-37-65-53-29-25-51(26-30-53)63-41-49-19-13-45(14-20-49)11-17-47-23-33-55(43(3)39-47)56-34-24-48(40-44(56)4)18-12-46-15-21-50(22-16-46)42-64-52-27-31-54(32-28-52)66-38-10-8-36-62-58(60)6-2/h5-6,13-16,19-34,39-40H,1-2,7-10,35-38,41-42H2,3-4H3. The van der Waals surface area contributed by atoms with Crippen LogP contribution in [0.2, 0.25) is 0 Å². The van der Waals surface area contributed by atoms with Gasteiger partial charge in [-0.2, -0.15) is 0 Å². The summed E-state index contributed by atoms with van der Waals surface area (Å²) in [5, 5.41) is 0. The number of benzene rings is 6. The molecule has 6 aromatic carbocycles. The molecule has 6 aromatic rings. The maximum Gasteiger partial charge on any atom is 0.330 e. The highest BCUT2D eigenvalue weighted by molar-refractivity contribution is 7.99. The van der Waals surface area contributed by atoms with Gasteiger partial charge in [-0.25, -0.2) is 9.59 Å². The molecule has 0 spiro atoms. The second kappa shape index (κ2) is 26.2. The molecular weight excluding hydrogens is 857 g/mol. The first kappa shape index (κ1) is 48.6.